The van der Waals surface area contributed by atoms with E-state index in [4.69, 9.17) is 0 Å². The van der Waals surface area contributed by atoms with Crippen molar-refractivity contribution in [1.29, 1.82) is 0 Å². The molecule has 0 radical (unpaired) electrons. The Morgan fingerprint density at radius 2 is 1.75 bits per heavy atom. The lowest BCUT2D eigenvalue weighted by Crippen LogP contribution is -2.27. The average molecular weight is 311 g/mol. The maximum absolute atomic E-state index is 12.3. The van der Waals surface area contributed by atoms with E-state index in [1.165, 1.54) is 14.0 Å². The molecule has 5 nitrogen and oxygen atoms in total. The Morgan fingerprint density at radius 1 is 1.25 bits per heavy atom. The lowest BCUT2D eigenvalue weighted by molar-refractivity contribution is -0.141. The largest absolute Gasteiger partial charge is 0.501 e. The molecule has 0 aliphatic rings. The Balaban J connectivity index is 2.93. The van der Waals surface area contributed by atoms with Gasteiger partial charge in [0.25, 0.3) is 9.84 Å². The molecule has 1 atom stereocenters. The number of halogens is 3. The Morgan fingerprint density at radius 3 is 2.15 bits per heavy atom. The van der Waals surface area contributed by atoms with Gasteiger partial charge in [0.15, 0.2) is 0 Å². The van der Waals surface area contributed by atoms with E-state index in [9.17, 15) is 26.4 Å². The molecule has 1 N–H and O–H groups in total. The molecule has 0 saturated heterocycles. The fraction of sp³-hybridized carbons (Fsp3) is 0.364. The first kappa shape index (κ1) is 16.3. The van der Waals surface area contributed by atoms with E-state index in [1.54, 1.807) is 0 Å². The van der Waals surface area contributed by atoms with Crippen molar-refractivity contribution in [3.63, 3.8) is 0 Å². The summed E-state index contributed by atoms with van der Waals surface area (Å²) in [7, 11) is -4.17. The summed E-state index contributed by atoms with van der Waals surface area (Å²) >= 11 is 0. The van der Waals surface area contributed by atoms with E-state index in [1.807, 2.05) is 0 Å². The van der Waals surface area contributed by atoms with E-state index in [0.717, 1.165) is 24.3 Å². The molecule has 1 aromatic rings. The molecule has 1 unspecified atom stereocenters. The Bertz CT molecular complexity index is 581. The molecular weight excluding hydrogens is 299 g/mol. The monoisotopic (exact) mass is 311 g/mol. The number of anilines is 1. The van der Waals surface area contributed by atoms with Crippen LogP contribution in [-0.4, -0.2) is 33.0 Å². The summed E-state index contributed by atoms with van der Waals surface area (Å²) in [4.78, 5) is 10.3. The number of hydrogen-bond acceptors (Lipinski definition) is 5. The predicted molar refractivity (Wildman–Crippen MR) is 64.8 cm³/mol. The van der Waals surface area contributed by atoms with E-state index in [0.29, 0.717) is 5.69 Å². The number of hydrogen-bond donors (Lipinski definition) is 1. The van der Waals surface area contributed by atoms with Crippen molar-refractivity contribution < 1.29 is 31.1 Å². The van der Waals surface area contributed by atoms with Crippen LogP contribution < -0.4 is 5.32 Å². The number of nitrogens with one attached hydrogen (secondary N) is 1. The highest BCUT2D eigenvalue weighted by molar-refractivity contribution is 7.92. The summed E-state index contributed by atoms with van der Waals surface area (Å²) in [6, 6.07) is 3.19. The minimum atomic E-state index is -5.36. The van der Waals surface area contributed by atoms with E-state index >= 15 is 0 Å². The second-order valence-corrected chi connectivity index (χ2v) is 5.80. The second kappa shape index (κ2) is 5.70. The van der Waals surface area contributed by atoms with E-state index < -0.39 is 32.3 Å². The summed E-state index contributed by atoms with van der Waals surface area (Å²) in [5.74, 6) is -0.558. The van der Waals surface area contributed by atoms with Gasteiger partial charge in [-0.15, -0.1) is 0 Å². The molecule has 9 heteroatoms. The Kier molecular flexibility index (Phi) is 4.64. The maximum atomic E-state index is 12.3. The van der Waals surface area contributed by atoms with Crippen LogP contribution >= 0.6 is 0 Å². The zero-order chi connectivity index (χ0) is 15.6. The fourth-order valence-electron chi connectivity index (χ4n) is 1.35. The molecule has 20 heavy (non-hydrogen) atoms. The van der Waals surface area contributed by atoms with Crippen molar-refractivity contribution in [2.24, 2.45) is 0 Å². The fourth-order valence-corrected chi connectivity index (χ4v) is 2.11. The first-order valence-corrected chi connectivity index (χ1v) is 6.83. The summed E-state index contributed by atoms with van der Waals surface area (Å²) in [5.41, 5.74) is -5.05. The average Bonchev–Trinajstić information content (AvgIpc) is 2.37. The highest BCUT2D eigenvalue weighted by atomic mass is 32.2. The molecule has 1 rings (SSSR count). The van der Waals surface area contributed by atoms with Crippen LogP contribution in [0.3, 0.4) is 0 Å². The molecule has 0 bridgehead atoms. The van der Waals surface area contributed by atoms with Crippen LogP contribution in [0.4, 0.5) is 18.9 Å². The molecule has 0 aromatic heterocycles. The van der Waals surface area contributed by atoms with Gasteiger partial charge in [0.1, 0.15) is 6.04 Å². The second-order valence-electron chi connectivity index (χ2n) is 3.86. The number of carbonyl (C=O) groups excluding carboxylic acids is 1. The number of sulfone groups is 1. The number of methoxy groups -OCH3 is 1. The van der Waals surface area contributed by atoms with Crippen molar-refractivity contribution in [1.82, 2.24) is 0 Å². The molecule has 112 valence electrons. The lowest BCUT2D eigenvalue weighted by atomic mass is 10.2. The molecule has 0 amide bonds. The smallest absolute Gasteiger partial charge is 0.467 e. The van der Waals surface area contributed by atoms with Gasteiger partial charge in [-0.3, -0.25) is 0 Å². The lowest BCUT2D eigenvalue weighted by Gasteiger charge is -2.13. The minimum Gasteiger partial charge on any atom is -0.467 e. The highest BCUT2D eigenvalue weighted by Crippen LogP contribution is 2.30. The Hall–Kier alpha value is -1.77. The Labute approximate surface area is 113 Å². The van der Waals surface area contributed by atoms with E-state index in [-0.39, 0.29) is 0 Å². The first-order valence-electron chi connectivity index (χ1n) is 5.35. The van der Waals surface area contributed by atoms with Crippen LogP contribution in [0, 0.1) is 0 Å². The summed E-state index contributed by atoms with van der Waals surface area (Å²) < 4.78 is 63.7. The summed E-state index contributed by atoms with van der Waals surface area (Å²) in [6.45, 7) is 1.49. The van der Waals surface area contributed by atoms with Gasteiger partial charge in [0, 0.05) is 5.69 Å². The highest BCUT2D eigenvalue weighted by Gasteiger charge is 2.46. The van der Waals surface area contributed by atoms with Gasteiger partial charge in [-0.1, -0.05) is 0 Å². The van der Waals surface area contributed by atoms with Gasteiger partial charge in [-0.05, 0) is 31.2 Å². The molecule has 1 aromatic carbocycles. The van der Waals surface area contributed by atoms with Gasteiger partial charge in [0.2, 0.25) is 0 Å². The third-order valence-corrected chi connectivity index (χ3v) is 3.91. The maximum Gasteiger partial charge on any atom is 0.501 e. The van der Waals surface area contributed by atoms with Crippen LogP contribution in [0.1, 0.15) is 6.92 Å². The molecule has 0 heterocycles. The summed E-state index contributed by atoms with van der Waals surface area (Å²) in [5, 5.41) is 2.66. The number of esters is 1. The number of benzene rings is 1. The predicted octanol–water partition coefficient (Wildman–Crippen LogP) is 1.95. The van der Waals surface area contributed by atoms with Gasteiger partial charge < -0.3 is 10.1 Å². The van der Waals surface area contributed by atoms with Crippen LogP contribution in [0.15, 0.2) is 29.2 Å². The summed E-state index contributed by atoms with van der Waals surface area (Å²) in [6.07, 6.45) is 0. The van der Waals surface area contributed by atoms with Gasteiger partial charge in [0.05, 0.1) is 12.0 Å². The normalized spacial score (nSPS) is 13.7. The number of alkyl halides is 3. The minimum absolute atomic E-state index is 0.295. The number of carbonyl (C=O) groups is 1. The molecule has 0 saturated carbocycles. The van der Waals surface area contributed by atoms with Crippen LogP contribution in [0.5, 0.6) is 0 Å². The molecule has 0 aliphatic carbocycles. The van der Waals surface area contributed by atoms with Crippen molar-refractivity contribution in [2.45, 2.75) is 23.4 Å². The van der Waals surface area contributed by atoms with Crippen molar-refractivity contribution in [3.8, 4) is 0 Å². The SMILES string of the molecule is COC(=O)C(C)Nc1ccc(S(=O)(=O)C(F)(F)F)cc1. The van der Waals surface area contributed by atoms with Gasteiger partial charge in [-0.25, -0.2) is 13.2 Å². The van der Waals surface area contributed by atoms with E-state index in [2.05, 4.69) is 10.1 Å². The molecule has 0 fully saturated rings. The van der Waals surface area contributed by atoms with Crippen molar-refractivity contribution >= 4 is 21.5 Å². The van der Waals surface area contributed by atoms with Gasteiger partial charge >= 0.3 is 11.5 Å². The standard InChI is InChI=1S/C11H12F3NO4S/c1-7(10(16)19-2)15-8-3-5-9(6-4-8)20(17,18)11(12,13)14/h3-7,15H,1-2H3. The molecule has 0 spiro atoms. The molecular formula is C11H12F3NO4S. The zero-order valence-electron chi connectivity index (χ0n) is 10.6. The zero-order valence-corrected chi connectivity index (χ0v) is 11.4. The van der Waals surface area contributed by atoms with Crippen LogP contribution in [0.25, 0.3) is 0 Å². The first-order chi connectivity index (χ1) is 9.09. The third-order valence-electron chi connectivity index (χ3n) is 2.41. The number of rotatable bonds is 4. The van der Waals surface area contributed by atoms with Crippen LogP contribution in [-0.2, 0) is 19.4 Å². The van der Waals surface area contributed by atoms with Gasteiger partial charge in [-0.2, -0.15) is 13.2 Å². The van der Waals surface area contributed by atoms with Crippen molar-refractivity contribution in [3.05, 3.63) is 24.3 Å². The number of ether oxygens (including phenoxy) is 1. The van der Waals surface area contributed by atoms with Crippen LogP contribution in [0.2, 0.25) is 0 Å². The quantitative estimate of drug-likeness (QED) is 0.861. The topological polar surface area (TPSA) is 72.5 Å². The van der Waals surface area contributed by atoms with Crippen molar-refractivity contribution in [2.75, 3.05) is 12.4 Å². The third kappa shape index (κ3) is 3.41. The molecule has 0 aliphatic heterocycles.